The van der Waals surface area contributed by atoms with Crippen molar-refractivity contribution in [2.45, 2.75) is 52.0 Å². The number of benzene rings is 1. The largest absolute Gasteiger partial charge is 0.487 e. The number of amides is 2. The number of β-amino-alcohol motifs (C(OH)–C–C–N with tert-alkyl or cyclic N) is 1. The van der Waals surface area contributed by atoms with Crippen molar-refractivity contribution in [1.29, 1.82) is 0 Å². The summed E-state index contributed by atoms with van der Waals surface area (Å²) in [5.74, 6) is 0.0154. The van der Waals surface area contributed by atoms with E-state index in [2.05, 4.69) is 15.6 Å². The van der Waals surface area contributed by atoms with E-state index in [9.17, 15) is 14.7 Å². The van der Waals surface area contributed by atoms with E-state index in [-0.39, 0.29) is 31.4 Å². The highest BCUT2D eigenvalue weighted by molar-refractivity contribution is 6.30. The van der Waals surface area contributed by atoms with Crippen LogP contribution < -0.4 is 10.1 Å². The number of aromatic nitrogens is 3. The zero-order chi connectivity index (χ0) is 22.8. The molecule has 31 heavy (non-hydrogen) atoms. The third-order valence-corrected chi connectivity index (χ3v) is 5.41. The number of hydrogen-bond acceptors (Lipinski definition) is 6. The van der Waals surface area contributed by atoms with E-state index in [1.165, 1.54) is 16.6 Å². The summed E-state index contributed by atoms with van der Waals surface area (Å²) in [4.78, 5) is 27.2. The van der Waals surface area contributed by atoms with Crippen LogP contribution in [-0.4, -0.2) is 62.6 Å². The molecule has 2 amide bonds. The highest BCUT2D eigenvalue weighted by Gasteiger charge is 2.44. The maximum atomic E-state index is 13.5. The van der Waals surface area contributed by atoms with Crippen LogP contribution in [-0.2, 0) is 16.2 Å². The summed E-state index contributed by atoms with van der Waals surface area (Å²) in [7, 11) is 1.51. The van der Waals surface area contributed by atoms with Gasteiger partial charge in [-0.3, -0.25) is 9.59 Å². The molecule has 0 bridgehead atoms. The predicted molar refractivity (Wildman–Crippen MR) is 114 cm³/mol. The fourth-order valence-electron chi connectivity index (χ4n) is 3.73. The Kier molecular flexibility index (Phi) is 6.86. The van der Waals surface area contributed by atoms with Gasteiger partial charge in [0.05, 0.1) is 12.3 Å². The number of ether oxygens (including phenoxy) is 1. The number of nitrogens with one attached hydrogen (secondary N) is 1. The number of likely N-dealkylation sites (tertiary alicyclic amines) is 1. The van der Waals surface area contributed by atoms with E-state index < -0.39 is 23.6 Å². The Morgan fingerprint density at radius 2 is 2.13 bits per heavy atom. The predicted octanol–water partition coefficient (Wildman–Crippen LogP) is 1.81. The van der Waals surface area contributed by atoms with E-state index in [0.29, 0.717) is 16.5 Å². The van der Waals surface area contributed by atoms with E-state index in [4.69, 9.17) is 16.3 Å². The van der Waals surface area contributed by atoms with Gasteiger partial charge in [-0.2, -0.15) is 0 Å². The molecule has 9 nitrogen and oxygen atoms in total. The third kappa shape index (κ3) is 5.34. The second-order valence-electron chi connectivity index (χ2n) is 8.71. The summed E-state index contributed by atoms with van der Waals surface area (Å²) >= 11 is 5.97. The van der Waals surface area contributed by atoms with Crippen LogP contribution in [0.4, 0.5) is 0 Å². The smallest absolute Gasteiger partial charge is 0.248 e. The first-order valence-electron chi connectivity index (χ1n) is 10.1. The highest BCUT2D eigenvalue weighted by atomic mass is 35.5. The molecule has 2 aromatic rings. The van der Waals surface area contributed by atoms with Crippen molar-refractivity contribution in [3.63, 3.8) is 0 Å². The highest BCUT2D eigenvalue weighted by Crippen LogP contribution is 2.34. The maximum Gasteiger partial charge on any atom is 0.248 e. The van der Waals surface area contributed by atoms with Gasteiger partial charge in [-0.1, -0.05) is 43.7 Å². The van der Waals surface area contributed by atoms with Gasteiger partial charge in [0, 0.05) is 25.0 Å². The fraction of sp³-hybridized carbons (Fsp3) is 0.524. The average molecular weight is 450 g/mol. The van der Waals surface area contributed by atoms with Gasteiger partial charge in [-0.25, -0.2) is 4.68 Å². The lowest BCUT2D eigenvalue weighted by atomic mass is 9.85. The van der Waals surface area contributed by atoms with Crippen LogP contribution in [0.1, 0.15) is 38.9 Å². The molecule has 2 N–H and O–H groups in total. The van der Waals surface area contributed by atoms with Gasteiger partial charge >= 0.3 is 0 Å². The number of halogens is 1. The van der Waals surface area contributed by atoms with Crippen molar-refractivity contribution in [3.05, 3.63) is 41.2 Å². The summed E-state index contributed by atoms with van der Waals surface area (Å²) < 4.78 is 7.21. The number of aliphatic hydroxyl groups is 1. The summed E-state index contributed by atoms with van der Waals surface area (Å²) in [6.07, 6.45) is 1.13. The molecule has 0 saturated carbocycles. The second kappa shape index (κ2) is 9.23. The Bertz CT molecular complexity index is 942. The van der Waals surface area contributed by atoms with Crippen molar-refractivity contribution in [2.24, 2.45) is 5.41 Å². The third-order valence-electron chi connectivity index (χ3n) is 5.17. The molecule has 1 fully saturated rings. The molecule has 0 unspecified atom stereocenters. The Morgan fingerprint density at radius 1 is 1.39 bits per heavy atom. The molecule has 0 radical (unpaired) electrons. The van der Waals surface area contributed by atoms with E-state index >= 15 is 0 Å². The zero-order valence-corrected chi connectivity index (χ0v) is 18.8. The molecule has 0 spiro atoms. The lowest BCUT2D eigenvalue weighted by Crippen LogP contribution is -2.49. The van der Waals surface area contributed by atoms with Gasteiger partial charge in [0.15, 0.2) is 0 Å². The minimum atomic E-state index is -0.746. The van der Waals surface area contributed by atoms with Gasteiger partial charge in [0.2, 0.25) is 11.8 Å². The Balaban J connectivity index is 1.80. The molecule has 1 aromatic heterocycles. The minimum absolute atomic E-state index is 0.100. The summed E-state index contributed by atoms with van der Waals surface area (Å²) in [6, 6.07) is 5.60. The normalized spacial score (nSPS) is 19.9. The van der Waals surface area contributed by atoms with Crippen LogP contribution >= 0.6 is 11.6 Å². The van der Waals surface area contributed by atoms with E-state index in [0.717, 1.165) is 0 Å². The molecule has 3 atom stereocenters. The Hall–Kier alpha value is -2.65. The van der Waals surface area contributed by atoms with Crippen LogP contribution in [0.25, 0.3) is 0 Å². The monoisotopic (exact) mass is 449 g/mol. The van der Waals surface area contributed by atoms with Crippen LogP contribution in [0.3, 0.4) is 0 Å². The molecule has 1 aliphatic heterocycles. The summed E-state index contributed by atoms with van der Waals surface area (Å²) in [5.41, 5.74) is 0.0303. The van der Waals surface area contributed by atoms with Crippen LogP contribution in [0.15, 0.2) is 30.5 Å². The number of rotatable bonds is 6. The van der Waals surface area contributed by atoms with Crippen molar-refractivity contribution < 1.29 is 19.4 Å². The number of nitrogens with zero attached hydrogens (tertiary/aromatic N) is 4. The molecule has 2 heterocycles. The summed E-state index contributed by atoms with van der Waals surface area (Å²) in [6.45, 7) is 6.01. The summed E-state index contributed by atoms with van der Waals surface area (Å²) in [5, 5.41) is 21.5. The molecule has 1 aliphatic rings. The number of carbonyl (C=O) groups excluding carboxylic acids is 2. The van der Waals surface area contributed by atoms with Crippen LogP contribution in [0, 0.1) is 5.41 Å². The van der Waals surface area contributed by atoms with Gasteiger partial charge in [-0.05, 0) is 23.6 Å². The lowest BCUT2D eigenvalue weighted by Gasteiger charge is -2.34. The molecule has 0 aliphatic carbocycles. The molecule has 3 rings (SSSR count). The minimum Gasteiger partial charge on any atom is -0.487 e. The van der Waals surface area contributed by atoms with Crippen LogP contribution in [0.2, 0.25) is 5.02 Å². The van der Waals surface area contributed by atoms with Crippen molar-refractivity contribution in [2.75, 3.05) is 13.6 Å². The Morgan fingerprint density at radius 3 is 2.77 bits per heavy atom. The molecule has 1 aromatic carbocycles. The average Bonchev–Trinajstić information content (AvgIpc) is 3.31. The topological polar surface area (TPSA) is 110 Å². The van der Waals surface area contributed by atoms with E-state index in [1.54, 1.807) is 30.5 Å². The quantitative estimate of drug-likeness (QED) is 0.696. The lowest BCUT2D eigenvalue weighted by molar-refractivity contribution is -0.144. The standard InChI is InChI=1S/C21H28ClN5O4/c1-21(2,3)18(20(30)26-11-15(28)9-17(26)19(29)23-4)27-10-14(24-25-27)12-31-16-7-5-6-13(22)8-16/h5-8,10,15,17-18,28H,9,11-12H2,1-4H3,(H,23,29)/t15-,17+,18-/m1/s1. The van der Waals surface area contributed by atoms with E-state index in [1.807, 2.05) is 20.8 Å². The molecule has 168 valence electrons. The van der Waals surface area contributed by atoms with Crippen LogP contribution in [0.5, 0.6) is 5.75 Å². The molecular weight excluding hydrogens is 422 g/mol. The molecule has 10 heteroatoms. The fourth-order valence-corrected chi connectivity index (χ4v) is 3.91. The second-order valence-corrected chi connectivity index (χ2v) is 9.15. The zero-order valence-electron chi connectivity index (χ0n) is 18.1. The van der Waals surface area contributed by atoms with Gasteiger partial charge < -0.3 is 20.1 Å². The number of hydrogen-bond donors (Lipinski definition) is 2. The van der Waals surface area contributed by atoms with Crippen molar-refractivity contribution >= 4 is 23.4 Å². The van der Waals surface area contributed by atoms with Gasteiger partial charge in [-0.15, -0.1) is 5.10 Å². The molecule has 1 saturated heterocycles. The first kappa shape index (κ1) is 23.0. The maximum absolute atomic E-state index is 13.5. The van der Waals surface area contributed by atoms with Gasteiger partial charge in [0.25, 0.3) is 0 Å². The Labute approximate surface area is 186 Å². The number of carbonyl (C=O) groups is 2. The SMILES string of the molecule is CNC(=O)[C@@H]1C[C@@H](O)CN1C(=O)[C@@H](n1cc(COc2cccc(Cl)c2)nn1)C(C)(C)C. The first-order valence-corrected chi connectivity index (χ1v) is 10.5. The van der Waals surface area contributed by atoms with Crippen molar-refractivity contribution in [1.82, 2.24) is 25.2 Å². The number of likely N-dealkylation sites (N-methyl/N-ethyl adjacent to an activating group) is 1. The van der Waals surface area contributed by atoms with Crippen molar-refractivity contribution in [3.8, 4) is 5.75 Å². The first-order chi connectivity index (χ1) is 14.6. The number of aliphatic hydroxyl groups excluding tert-OH is 1. The molecular formula is C21H28ClN5O4. The van der Waals surface area contributed by atoms with Gasteiger partial charge in [0.1, 0.15) is 30.1 Å².